The van der Waals surface area contributed by atoms with Crippen LogP contribution in [-0.2, 0) is 10.0 Å². The van der Waals surface area contributed by atoms with Crippen LogP contribution in [0.5, 0.6) is 5.75 Å². The molecule has 1 aliphatic heterocycles. The van der Waals surface area contributed by atoms with Crippen molar-refractivity contribution in [2.75, 3.05) is 45.9 Å². The molecule has 0 unspecified atom stereocenters. The highest BCUT2D eigenvalue weighted by Crippen LogP contribution is 2.16. The number of rotatable bonds is 10. The van der Waals surface area contributed by atoms with Crippen LogP contribution in [0, 0.1) is 5.92 Å². The first-order valence-electron chi connectivity index (χ1n) is 9.13. The van der Waals surface area contributed by atoms with E-state index in [-0.39, 0.29) is 4.90 Å². The number of nitrogens with one attached hydrogen (secondary N) is 2. The van der Waals surface area contributed by atoms with Gasteiger partial charge in [0.2, 0.25) is 10.0 Å². The van der Waals surface area contributed by atoms with Crippen LogP contribution in [-0.4, -0.2) is 59.2 Å². The Morgan fingerprint density at radius 3 is 2.52 bits per heavy atom. The van der Waals surface area contributed by atoms with E-state index in [1.165, 1.54) is 0 Å². The Hall–Kier alpha value is -1.15. The molecule has 1 saturated heterocycles. The third kappa shape index (κ3) is 7.32. The molecule has 1 aromatic carbocycles. The highest BCUT2D eigenvalue weighted by Gasteiger charge is 2.14. The molecular formula is C18H31N3O3S. The minimum absolute atomic E-state index is 0.283. The van der Waals surface area contributed by atoms with E-state index in [4.69, 9.17) is 4.74 Å². The third-order valence-corrected chi connectivity index (χ3v) is 5.73. The molecule has 1 fully saturated rings. The Bertz CT molecular complexity index is 596. The maximum atomic E-state index is 12.3. The molecule has 6 nitrogen and oxygen atoms in total. The summed E-state index contributed by atoms with van der Waals surface area (Å²) in [5.74, 6) is 1.29. The van der Waals surface area contributed by atoms with Gasteiger partial charge < -0.3 is 15.0 Å². The van der Waals surface area contributed by atoms with Crippen molar-refractivity contribution in [1.29, 1.82) is 0 Å². The summed E-state index contributed by atoms with van der Waals surface area (Å²) < 4.78 is 33.0. The van der Waals surface area contributed by atoms with Gasteiger partial charge in [0.15, 0.2) is 0 Å². The molecule has 1 aliphatic rings. The van der Waals surface area contributed by atoms with E-state index in [2.05, 4.69) is 28.8 Å². The van der Waals surface area contributed by atoms with Gasteiger partial charge in [-0.2, -0.15) is 0 Å². The predicted molar refractivity (Wildman–Crippen MR) is 101 cm³/mol. The molecule has 0 amide bonds. The predicted octanol–water partition coefficient (Wildman–Crippen LogP) is 1.69. The summed E-state index contributed by atoms with van der Waals surface area (Å²) in [6, 6.07) is 6.64. The number of sulfonamides is 1. The number of piperazine rings is 1. The maximum Gasteiger partial charge on any atom is 0.240 e. The summed E-state index contributed by atoms with van der Waals surface area (Å²) >= 11 is 0. The topological polar surface area (TPSA) is 70.7 Å². The normalized spacial score (nSPS) is 16.3. The van der Waals surface area contributed by atoms with Crippen LogP contribution in [0.1, 0.15) is 26.7 Å². The fourth-order valence-electron chi connectivity index (χ4n) is 2.65. The van der Waals surface area contributed by atoms with Gasteiger partial charge >= 0.3 is 0 Å². The quantitative estimate of drug-likeness (QED) is 0.614. The van der Waals surface area contributed by atoms with Crippen LogP contribution in [0.2, 0.25) is 0 Å². The van der Waals surface area contributed by atoms with Gasteiger partial charge in [-0.25, -0.2) is 13.1 Å². The summed E-state index contributed by atoms with van der Waals surface area (Å²) in [5.41, 5.74) is 0. The zero-order valence-corrected chi connectivity index (χ0v) is 16.1. The van der Waals surface area contributed by atoms with Gasteiger partial charge in [-0.15, -0.1) is 0 Å². The second-order valence-corrected chi connectivity index (χ2v) is 8.61. The lowest BCUT2D eigenvalue weighted by atomic mass is 10.1. The fourth-order valence-corrected chi connectivity index (χ4v) is 3.73. The van der Waals surface area contributed by atoms with Gasteiger partial charge in [-0.05, 0) is 49.6 Å². The highest BCUT2D eigenvalue weighted by molar-refractivity contribution is 7.89. The first kappa shape index (κ1) is 20.2. The van der Waals surface area contributed by atoms with Crippen molar-refractivity contribution < 1.29 is 13.2 Å². The van der Waals surface area contributed by atoms with E-state index in [0.717, 1.165) is 45.6 Å². The minimum atomic E-state index is -3.45. The van der Waals surface area contributed by atoms with E-state index in [1.54, 1.807) is 24.3 Å². The van der Waals surface area contributed by atoms with Crippen molar-refractivity contribution in [3.63, 3.8) is 0 Å². The van der Waals surface area contributed by atoms with Crippen molar-refractivity contribution >= 4 is 10.0 Å². The molecule has 0 atom stereocenters. The fraction of sp³-hybridized carbons (Fsp3) is 0.667. The number of hydrogen-bond acceptors (Lipinski definition) is 5. The van der Waals surface area contributed by atoms with E-state index >= 15 is 0 Å². The highest BCUT2D eigenvalue weighted by atomic mass is 32.2. The Morgan fingerprint density at radius 2 is 1.88 bits per heavy atom. The SMILES string of the molecule is CC(C)CCOc1ccc(S(=O)(=O)NCCCN2CCNCC2)cc1. The molecule has 0 radical (unpaired) electrons. The van der Waals surface area contributed by atoms with Gasteiger partial charge in [0.25, 0.3) is 0 Å². The lowest BCUT2D eigenvalue weighted by molar-refractivity contribution is 0.239. The van der Waals surface area contributed by atoms with Gasteiger partial charge in [-0.3, -0.25) is 0 Å². The molecule has 142 valence electrons. The first-order valence-corrected chi connectivity index (χ1v) is 10.6. The molecule has 1 heterocycles. The standard InChI is InChI=1S/C18H31N3O3S/c1-16(2)8-15-24-17-4-6-18(7-5-17)25(22,23)20-9-3-12-21-13-10-19-11-14-21/h4-7,16,19-20H,3,8-15H2,1-2H3. The molecule has 0 aromatic heterocycles. The van der Waals surface area contributed by atoms with Crippen LogP contribution in [0.25, 0.3) is 0 Å². The van der Waals surface area contributed by atoms with Crippen molar-refractivity contribution in [2.45, 2.75) is 31.6 Å². The summed E-state index contributed by atoms with van der Waals surface area (Å²) in [4.78, 5) is 2.64. The van der Waals surface area contributed by atoms with Crippen molar-refractivity contribution in [3.8, 4) is 5.75 Å². The van der Waals surface area contributed by atoms with Crippen molar-refractivity contribution in [1.82, 2.24) is 14.9 Å². The Morgan fingerprint density at radius 1 is 1.20 bits per heavy atom. The van der Waals surface area contributed by atoms with Crippen LogP contribution in [0.3, 0.4) is 0 Å². The van der Waals surface area contributed by atoms with Crippen LogP contribution >= 0.6 is 0 Å². The smallest absolute Gasteiger partial charge is 0.240 e. The second-order valence-electron chi connectivity index (χ2n) is 6.85. The van der Waals surface area contributed by atoms with Gasteiger partial charge in [-0.1, -0.05) is 13.8 Å². The second kappa shape index (κ2) is 10.1. The summed E-state index contributed by atoms with van der Waals surface area (Å²) in [5, 5.41) is 3.31. The van der Waals surface area contributed by atoms with E-state index in [9.17, 15) is 8.42 Å². The summed E-state index contributed by atoms with van der Waals surface area (Å²) in [7, 11) is -3.45. The minimum Gasteiger partial charge on any atom is -0.494 e. The molecule has 25 heavy (non-hydrogen) atoms. The average Bonchev–Trinajstić information content (AvgIpc) is 2.60. The molecule has 1 aromatic rings. The Kier molecular flexibility index (Phi) is 8.15. The average molecular weight is 370 g/mol. The monoisotopic (exact) mass is 369 g/mol. The Labute approximate surface area is 152 Å². The number of nitrogens with zero attached hydrogens (tertiary/aromatic N) is 1. The molecule has 7 heteroatoms. The van der Waals surface area contributed by atoms with Crippen molar-refractivity contribution in [2.24, 2.45) is 5.92 Å². The molecule has 0 bridgehead atoms. The van der Waals surface area contributed by atoms with Crippen LogP contribution < -0.4 is 14.8 Å². The zero-order valence-electron chi connectivity index (χ0n) is 15.3. The zero-order chi connectivity index (χ0) is 18.1. The van der Waals surface area contributed by atoms with Gasteiger partial charge in [0.1, 0.15) is 5.75 Å². The third-order valence-electron chi connectivity index (χ3n) is 4.25. The lowest BCUT2D eigenvalue weighted by Gasteiger charge is -2.27. The number of ether oxygens (including phenoxy) is 1. The van der Waals surface area contributed by atoms with Crippen LogP contribution in [0.15, 0.2) is 29.2 Å². The maximum absolute atomic E-state index is 12.3. The molecule has 0 saturated carbocycles. The molecule has 2 rings (SSSR count). The first-order chi connectivity index (χ1) is 12.0. The molecule has 0 spiro atoms. The molecule has 2 N–H and O–H groups in total. The van der Waals surface area contributed by atoms with E-state index in [1.807, 2.05) is 0 Å². The van der Waals surface area contributed by atoms with E-state index < -0.39 is 10.0 Å². The van der Waals surface area contributed by atoms with Gasteiger partial charge in [0, 0.05) is 32.7 Å². The van der Waals surface area contributed by atoms with E-state index in [0.29, 0.717) is 24.8 Å². The van der Waals surface area contributed by atoms with Crippen LogP contribution in [0.4, 0.5) is 0 Å². The number of benzene rings is 1. The van der Waals surface area contributed by atoms with Crippen molar-refractivity contribution in [3.05, 3.63) is 24.3 Å². The Balaban J connectivity index is 1.74. The van der Waals surface area contributed by atoms with Gasteiger partial charge in [0.05, 0.1) is 11.5 Å². The summed E-state index contributed by atoms with van der Waals surface area (Å²) in [6.07, 6.45) is 1.80. The number of hydrogen-bond donors (Lipinski definition) is 2. The lowest BCUT2D eigenvalue weighted by Crippen LogP contribution is -2.44. The molecule has 0 aliphatic carbocycles. The largest absolute Gasteiger partial charge is 0.494 e. The molecular weight excluding hydrogens is 338 g/mol. The summed E-state index contributed by atoms with van der Waals surface area (Å²) in [6.45, 7) is 10.4.